The quantitative estimate of drug-likeness (QED) is 0.139. The molecule has 0 bridgehead atoms. The van der Waals surface area contributed by atoms with Crippen LogP contribution in [0.3, 0.4) is 0 Å². The first kappa shape index (κ1) is 21.9. The third-order valence-electron chi connectivity index (χ3n) is 2.82. The molecule has 0 aliphatic carbocycles. The van der Waals surface area contributed by atoms with Crippen LogP contribution in [0.25, 0.3) is 0 Å². The summed E-state index contributed by atoms with van der Waals surface area (Å²) in [7, 11) is -1.09. The second-order valence-electron chi connectivity index (χ2n) is 5.00. The minimum Gasteiger partial charge on any atom is -0.489 e. The summed E-state index contributed by atoms with van der Waals surface area (Å²) in [4.78, 5) is 12.5. The largest absolute Gasteiger partial charge is 0.489 e. The number of carbonyl (C=O) groups excluding carboxylic acids is 1. The molecule has 0 fully saturated rings. The highest BCUT2D eigenvalue weighted by atomic mass is 35.5. The number of hydrogen-bond donors (Lipinski definition) is 0. The molecule has 128 valence electrons. The monoisotopic (exact) mass is 354 g/mol. The van der Waals surface area contributed by atoms with Crippen molar-refractivity contribution in [1.82, 2.24) is 0 Å². The summed E-state index contributed by atoms with van der Waals surface area (Å²) in [5.41, 5.74) is 2.28. The molecule has 1 unspecified atom stereocenters. The Balaban J connectivity index is 5.41. The molecule has 2 nitrogen and oxygen atoms in total. The number of ether oxygens (including phenoxy) is 1. The summed E-state index contributed by atoms with van der Waals surface area (Å²) >= 11 is 5.59. The van der Waals surface area contributed by atoms with Crippen LogP contribution in [0.1, 0.15) is 40.5 Å². The van der Waals surface area contributed by atoms with E-state index in [1.807, 2.05) is 31.8 Å². The van der Waals surface area contributed by atoms with Crippen LogP contribution in [-0.4, -0.2) is 18.0 Å². The Bertz CT molecular complexity index is 501. The predicted molar refractivity (Wildman–Crippen MR) is 104 cm³/mol. The van der Waals surface area contributed by atoms with Gasteiger partial charge in [-0.3, -0.25) is 4.79 Å². The fraction of sp³-hybridized carbons (Fsp3) is 0.421. The van der Waals surface area contributed by atoms with Crippen molar-refractivity contribution in [3.63, 3.8) is 0 Å². The normalized spacial score (nSPS) is 14.5. The Morgan fingerprint density at radius 3 is 2.52 bits per heavy atom. The highest BCUT2D eigenvalue weighted by Gasteiger charge is 2.17. The third kappa shape index (κ3) is 9.58. The van der Waals surface area contributed by atoms with Gasteiger partial charge < -0.3 is 4.74 Å². The number of hydrogen-bond acceptors (Lipinski definition) is 2. The molecule has 4 heteroatoms. The molecule has 0 aromatic rings. The van der Waals surface area contributed by atoms with E-state index in [1.165, 1.54) is 11.1 Å². The minimum absolute atomic E-state index is 0.0612. The van der Waals surface area contributed by atoms with Gasteiger partial charge in [0.25, 0.3) is 0 Å². The van der Waals surface area contributed by atoms with Gasteiger partial charge in [0.05, 0.1) is 5.88 Å². The Morgan fingerprint density at radius 2 is 2.00 bits per heavy atom. The van der Waals surface area contributed by atoms with Gasteiger partial charge in [0.15, 0.2) is 5.76 Å². The number of allylic oxidation sites excluding steroid dienone is 7. The second kappa shape index (κ2) is 13.3. The first-order chi connectivity index (χ1) is 11.0. The van der Waals surface area contributed by atoms with E-state index in [2.05, 4.69) is 38.4 Å². The molecule has 0 aliphatic rings. The summed E-state index contributed by atoms with van der Waals surface area (Å²) in [6.07, 6.45) is 10.1. The molecule has 0 aromatic heterocycles. The predicted octanol–water partition coefficient (Wildman–Crippen LogP) is 6.50. The number of halogens is 1. The van der Waals surface area contributed by atoms with E-state index >= 15 is 0 Å². The van der Waals surface area contributed by atoms with Crippen LogP contribution in [0, 0.1) is 0 Å². The molecule has 0 aromatic carbocycles. The molecule has 0 spiro atoms. The van der Waals surface area contributed by atoms with Crippen molar-refractivity contribution in [2.45, 2.75) is 40.5 Å². The van der Waals surface area contributed by atoms with Gasteiger partial charge in [-0.1, -0.05) is 55.6 Å². The van der Waals surface area contributed by atoms with Gasteiger partial charge in [-0.25, -0.2) is 0 Å². The summed E-state index contributed by atoms with van der Waals surface area (Å²) < 4.78 is 5.29. The van der Waals surface area contributed by atoms with Gasteiger partial charge in [0.2, 0.25) is 5.52 Å². The number of rotatable bonds is 11. The Kier molecular flexibility index (Phi) is 12.7. The van der Waals surface area contributed by atoms with Gasteiger partial charge in [-0.2, -0.15) is 0 Å². The van der Waals surface area contributed by atoms with Gasteiger partial charge >= 0.3 is 0 Å². The van der Waals surface area contributed by atoms with E-state index in [0.717, 1.165) is 12.8 Å². The highest BCUT2D eigenvalue weighted by molar-refractivity contribution is 7.80. The lowest BCUT2D eigenvalue weighted by Gasteiger charge is -2.12. The molecular formula is C19H28ClO2P. The zero-order valence-electron chi connectivity index (χ0n) is 14.6. The van der Waals surface area contributed by atoms with Crippen molar-refractivity contribution in [2.75, 3.05) is 12.5 Å². The molecule has 0 saturated heterocycles. The van der Waals surface area contributed by atoms with Gasteiger partial charge in [0.1, 0.15) is 6.61 Å². The first-order valence-electron chi connectivity index (χ1n) is 7.84. The zero-order chi connectivity index (χ0) is 17.7. The first-order valence-corrected chi connectivity index (χ1v) is 9.86. The Labute approximate surface area is 147 Å². The molecule has 0 aliphatic heterocycles. The lowest BCUT2D eigenvalue weighted by Crippen LogP contribution is -2.04. The fourth-order valence-electron chi connectivity index (χ4n) is 1.94. The maximum atomic E-state index is 12.5. The Morgan fingerprint density at radius 1 is 1.30 bits per heavy atom. The molecular weight excluding hydrogens is 327 g/mol. The van der Waals surface area contributed by atoms with E-state index in [0.29, 0.717) is 12.5 Å². The average molecular weight is 355 g/mol. The maximum absolute atomic E-state index is 12.5. The van der Waals surface area contributed by atoms with E-state index in [4.69, 9.17) is 16.3 Å². The van der Waals surface area contributed by atoms with Crippen molar-refractivity contribution >= 4 is 25.0 Å². The van der Waals surface area contributed by atoms with Crippen molar-refractivity contribution in [3.05, 3.63) is 59.4 Å². The minimum atomic E-state index is -1.09. The average Bonchev–Trinajstić information content (AvgIpc) is 2.51. The highest BCUT2D eigenvalue weighted by Crippen LogP contribution is 2.44. The fourth-order valence-corrected chi connectivity index (χ4v) is 3.59. The molecule has 0 rings (SSSR count). The molecule has 0 amide bonds. The summed E-state index contributed by atoms with van der Waals surface area (Å²) in [6, 6.07) is 0. The van der Waals surface area contributed by atoms with Crippen LogP contribution in [0.5, 0.6) is 0 Å². The van der Waals surface area contributed by atoms with Gasteiger partial charge in [0, 0.05) is 7.92 Å². The van der Waals surface area contributed by atoms with Crippen molar-refractivity contribution in [3.8, 4) is 0 Å². The molecule has 0 radical (unpaired) electrons. The topological polar surface area (TPSA) is 26.3 Å². The van der Waals surface area contributed by atoms with Crippen LogP contribution in [0.15, 0.2) is 59.4 Å². The van der Waals surface area contributed by atoms with Crippen LogP contribution in [0.2, 0.25) is 0 Å². The SMILES string of the molecule is C=C(OCCCl)C(=O)P(/C=C\C)/C=C(/C=C(C)\C=C/C)CCC. The second-order valence-corrected chi connectivity index (χ2v) is 7.15. The molecule has 0 heterocycles. The summed E-state index contributed by atoms with van der Waals surface area (Å²) in [5.74, 6) is 4.53. The molecule has 0 saturated carbocycles. The number of carbonyl (C=O) groups is 1. The molecule has 0 N–H and O–H groups in total. The lowest BCUT2D eigenvalue weighted by molar-refractivity contribution is -0.111. The van der Waals surface area contributed by atoms with Crippen molar-refractivity contribution in [1.29, 1.82) is 0 Å². The summed E-state index contributed by atoms with van der Waals surface area (Å²) in [5, 5.41) is 0. The Hall–Kier alpha value is -1.11. The van der Waals surface area contributed by atoms with Crippen molar-refractivity contribution < 1.29 is 9.53 Å². The van der Waals surface area contributed by atoms with Crippen LogP contribution in [-0.2, 0) is 9.53 Å². The van der Waals surface area contributed by atoms with Gasteiger partial charge in [-0.05, 0) is 38.6 Å². The zero-order valence-corrected chi connectivity index (χ0v) is 16.3. The van der Waals surface area contributed by atoms with E-state index in [-0.39, 0.29) is 11.3 Å². The molecule has 23 heavy (non-hydrogen) atoms. The van der Waals surface area contributed by atoms with Crippen LogP contribution in [0.4, 0.5) is 0 Å². The third-order valence-corrected chi connectivity index (χ3v) is 4.92. The van der Waals surface area contributed by atoms with Gasteiger partial charge in [-0.15, -0.1) is 11.6 Å². The standard InChI is InChI=1S/C19H28ClO2P/c1-6-9-16(4)14-18(10-7-2)15-23(13-8-3)19(21)17(5)22-12-11-20/h6,8-9,13-15H,5,7,10-12H2,1-4H3/b9-6-,13-8-,16-14-,18-15+. The van der Waals surface area contributed by atoms with E-state index in [9.17, 15) is 4.79 Å². The van der Waals surface area contributed by atoms with Crippen molar-refractivity contribution in [2.24, 2.45) is 0 Å². The van der Waals surface area contributed by atoms with E-state index in [1.54, 1.807) is 0 Å². The summed E-state index contributed by atoms with van der Waals surface area (Å²) in [6.45, 7) is 12.1. The maximum Gasteiger partial charge on any atom is 0.225 e. The lowest BCUT2D eigenvalue weighted by atomic mass is 10.1. The van der Waals surface area contributed by atoms with Crippen LogP contribution >= 0.6 is 19.5 Å². The number of alkyl halides is 1. The molecule has 1 atom stereocenters. The van der Waals surface area contributed by atoms with Crippen LogP contribution < -0.4 is 0 Å². The van der Waals surface area contributed by atoms with E-state index < -0.39 is 7.92 Å². The smallest absolute Gasteiger partial charge is 0.225 e.